The van der Waals surface area contributed by atoms with E-state index in [0.29, 0.717) is 11.1 Å². The van der Waals surface area contributed by atoms with Crippen molar-refractivity contribution in [3.63, 3.8) is 0 Å². The summed E-state index contributed by atoms with van der Waals surface area (Å²) in [6.07, 6.45) is 0. The van der Waals surface area contributed by atoms with Gasteiger partial charge in [-0.05, 0) is 36.4 Å². The summed E-state index contributed by atoms with van der Waals surface area (Å²) in [7, 11) is 0. The summed E-state index contributed by atoms with van der Waals surface area (Å²) in [6.45, 7) is 0. The standard InChI is InChI=1S/C14H7Cl2N3O3/c15-10-6-5-9(11(16)17-10)13-19-18-12(22-13)7-1-3-8(4-2-7)14(20)21/h1-6H,(H,20,21). The van der Waals surface area contributed by atoms with Crippen molar-refractivity contribution in [2.45, 2.75) is 0 Å². The highest BCUT2D eigenvalue weighted by Crippen LogP contribution is 2.29. The lowest BCUT2D eigenvalue weighted by Gasteiger charge is -1.98. The van der Waals surface area contributed by atoms with Crippen molar-refractivity contribution in [1.29, 1.82) is 0 Å². The van der Waals surface area contributed by atoms with E-state index < -0.39 is 5.97 Å². The molecule has 110 valence electrons. The summed E-state index contributed by atoms with van der Waals surface area (Å²) in [4.78, 5) is 14.7. The quantitative estimate of drug-likeness (QED) is 0.732. The van der Waals surface area contributed by atoms with E-state index in [1.807, 2.05) is 0 Å². The highest BCUT2D eigenvalue weighted by atomic mass is 35.5. The molecule has 0 atom stereocenters. The van der Waals surface area contributed by atoms with Crippen LogP contribution in [0.15, 0.2) is 40.8 Å². The van der Waals surface area contributed by atoms with Crippen molar-refractivity contribution >= 4 is 29.2 Å². The minimum atomic E-state index is -1.00. The minimum absolute atomic E-state index is 0.156. The van der Waals surface area contributed by atoms with Gasteiger partial charge in [-0.25, -0.2) is 9.78 Å². The fourth-order valence-corrected chi connectivity index (χ4v) is 2.20. The lowest BCUT2D eigenvalue weighted by atomic mass is 10.1. The van der Waals surface area contributed by atoms with Crippen molar-refractivity contribution < 1.29 is 14.3 Å². The molecule has 3 rings (SSSR count). The topological polar surface area (TPSA) is 89.1 Å². The van der Waals surface area contributed by atoms with E-state index in [9.17, 15) is 4.79 Å². The second-order valence-corrected chi connectivity index (χ2v) is 5.01. The Labute approximate surface area is 134 Å². The zero-order valence-electron chi connectivity index (χ0n) is 10.8. The Bertz CT molecular complexity index is 847. The molecule has 1 aromatic carbocycles. The predicted octanol–water partition coefficient (Wildman–Crippen LogP) is 3.80. The Morgan fingerprint density at radius 1 is 1.00 bits per heavy atom. The highest BCUT2D eigenvalue weighted by Gasteiger charge is 2.14. The summed E-state index contributed by atoms with van der Waals surface area (Å²) >= 11 is 11.7. The number of carboxylic acid groups (broad SMARTS) is 1. The van der Waals surface area contributed by atoms with Gasteiger partial charge in [0.05, 0.1) is 11.1 Å². The number of rotatable bonds is 3. The molecule has 6 nitrogen and oxygen atoms in total. The van der Waals surface area contributed by atoms with Crippen LogP contribution in [0.3, 0.4) is 0 Å². The molecule has 8 heteroatoms. The van der Waals surface area contributed by atoms with E-state index in [-0.39, 0.29) is 27.7 Å². The van der Waals surface area contributed by atoms with Crippen LogP contribution in [0.25, 0.3) is 22.9 Å². The summed E-state index contributed by atoms with van der Waals surface area (Å²) in [6, 6.07) is 9.28. The van der Waals surface area contributed by atoms with Crippen LogP contribution in [0.2, 0.25) is 10.3 Å². The van der Waals surface area contributed by atoms with Crippen molar-refractivity contribution in [2.24, 2.45) is 0 Å². The maximum atomic E-state index is 10.8. The van der Waals surface area contributed by atoms with E-state index >= 15 is 0 Å². The van der Waals surface area contributed by atoms with Gasteiger partial charge in [-0.3, -0.25) is 0 Å². The number of aromatic nitrogens is 3. The van der Waals surface area contributed by atoms with Gasteiger partial charge in [-0.15, -0.1) is 10.2 Å². The molecule has 0 spiro atoms. The molecule has 3 aromatic rings. The maximum absolute atomic E-state index is 10.8. The molecule has 0 saturated heterocycles. The molecule has 1 N–H and O–H groups in total. The third kappa shape index (κ3) is 2.79. The number of carbonyl (C=O) groups is 1. The molecule has 2 aromatic heterocycles. The van der Waals surface area contributed by atoms with Crippen LogP contribution in [0.4, 0.5) is 0 Å². The highest BCUT2D eigenvalue weighted by molar-refractivity contribution is 6.34. The fourth-order valence-electron chi connectivity index (χ4n) is 1.78. The van der Waals surface area contributed by atoms with Gasteiger partial charge in [0.15, 0.2) is 0 Å². The van der Waals surface area contributed by atoms with Crippen LogP contribution in [0, 0.1) is 0 Å². The van der Waals surface area contributed by atoms with Crippen LogP contribution in [0.1, 0.15) is 10.4 Å². The van der Waals surface area contributed by atoms with Crippen LogP contribution in [-0.4, -0.2) is 26.3 Å². The van der Waals surface area contributed by atoms with Crippen molar-refractivity contribution in [3.05, 3.63) is 52.3 Å². The summed E-state index contributed by atoms with van der Waals surface area (Å²) < 4.78 is 5.54. The SMILES string of the molecule is O=C(O)c1ccc(-c2nnc(-c3ccc(Cl)nc3Cl)o2)cc1. The Balaban J connectivity index is 1.95. The van der Waals surface area contributed by atoms with E-state index in [4.69, 9.17) is 32.7 Å². The van der Waals surface area contributed by atoms with Gasteiger partial charge in [-0.2, -0.15) is 0 Å². The Morgan fingerprint density at radius 3 is 2.32 bits per heavy atom. The first kappa shape index (κ1) is 14.5. The molecule has 0 aliphatic heterocycles. The molecule has 0 radical (unpaired) electrons. The summed E-state index contributed by atoms with van der Waals surface area (Å²) in [5.74, 6) is -0.554. The number of hydrogen-bond donors (Lipinski definition) is 1. The monoisotopic (exact) mass is 335 g/mol. The number of hydrogen-bond acceptors (Lipinski definition) is 5. The minimum Gasteiger partial charge on any atom is -0.478 e. The Kier molecular flexibility index (Phi) is 3.79. The van der Waals surface area contributed by atoms with Crippen LogP contribution >= 0.6 is 23.2 Å². The van der Waals surface area contributed by atoms with Gasteiger partial charge in [0.1, 0.15) is 10.3 Å². The van der Waals surface area contributed by atoms with E-state index in [1.54, 1.807) is 24.3 Å². The van der Waals surface area contributed by atoms with Gasteiger partial charge in [0.2, 0.25) is 5.89 Å². The molecule has 0 fully saturated rings. The first-order chi connectivity index (χ1) is 10.5. The second-order valence-electron chi connectivity index (χ2n) is 4.27. The number of benzene rings is 1. The summed E-state index contributed by atoms with van der Waals surface area (Å²) in [5, 5.41) is 17.1. The molecule has 0 aliphatic rings. The van der Waals surface area contributed by atoms with Gasteiger partial charge >= 0.3 is 5.97 Å². The Morgan fingerprint density at radius 2 is 1.68 bits per heavy atom. The molecule has 2 heterocycles. The maximum Gasteiger partial charge on any atom is 0.335 e. The smallest absolute Gasteiger partial charge is 0.335 e. The molecule has 0 unspecified atom stereocenters. The molecular formula is C14H7Cl2N3O3. The Hall–Kier alpha value is -2.44. The van der Waals surface area contributed by atoms with Crippen molar-refractivity contribution in [3.8, 4) is 22.9 Å². The number of carboxylic acids is 1. The third-order valence-corrected chi connectivity index (χ3v) is 3.35. The van der Waals surface area contributed by atoms with Gasteiger partial charge in [0.25, 0.3) is 5.89 Å². The third-order valence-electron chi connectivity index (χ3n) is 2.85. The second kappa shape index (κ2) is 5.75. The zero-order chi connectivity index (χ0) is 15.7. The van der Waals surface area contributed by atoms with E-state index in [0.717, 1.165) is 0 Å². The van der Waals surface area contributed by atoms with Crippen LogP contribution in [0.5, 0.6) is 0 Å². The lowest BCUT2D eigenvalue weighted by Crippen LogP contribution is -1.94. The number of nitrogens with zero attached hydrogens (tertiary/aromatic N) is 3. The van der Waals surface area contributed by atoms with E-state index in [1.165, 1.54) is 12.1 Å². The molecule has 0 aliphatic carbocycles. The van der Waals surface area contributed by atoms with Crippen LogP contribution in [-0.2, 0) is 0 Å². The van der Waals surface area contributed by atoms with Crippen LogP contribution < -0.4 is 0 Å². The van der Waals surface area contributed by atoms with Gasteiger partial charge in [0, 0.05) is 5.56 Å². The lowest BCUT2D eigenvalue weighted by molar-refractivity contribution is 0.0697. The zero-order valence-corrected chi connectivity index (χ0v) is 12.3. The van der Waals surface area contributed by atoms with Gasteiger partial charge in [-0.1, -0.05) is 23.2 Å². The van der Waals surface area contributed by atoms with Gasteiger partial charge < -0.3 is 9.52 Å². The first-order valence-corrected chi connectivity index (χ1v) is 6.80. The number of aromatic carboxylic acids is 1. The number of halogens is 2. The van der Waals surface area contributed by atoms with E-state index in [2.05, 4.69) is 15.2 Å². The normalized spacial score (nSPS) is 10.6. The molecular weight excluding hydrogens is 329 g/mol. The average Bonchev–Trinajstić information content (AvgIpc) is 2.97. The van der Waals surface area contributed by atoms with Crippen molar-refractivity contribution in [1.82, 2.24) is 15.2 Å². The summed E-state index contributed by atoms with van der Waals surface area (Å²) in [5.41, 5.74) is 1.24. The molecule has 0 amide bonds. The largest absolute Gasteiger partial charge is 0.478 e. The predicted molar refractivity (Wildman–Crippen MR) is 79.9 cm³/mol. The fraction of sp³-hybridized carbons (Fsp3) is 0. The van der Waals surface area contributed by atoms with Crippen molar-refractivity contribution in [2.75, 3.05) is 0 Å². The molecule has 22 heavy (non-hydrogen) atoms. The molecule has 0 bridgehead atoms. The molecule has 0 saturated carbocycles. The number of pyridine rings is 1. The average molecular weight is 336 g/mol. The first-order valence-electron chi connectivity index (χ1n) is 6.04.